The Morgan fingerprint density at radius 3 is 3.00 bits per heavy atom. The molecule has 3 rings (SSSR count). The number of rotatable bonds is 2. The summed E-state index contributed by atoms with van der Waals surface area (Å²) in [7, 11) is 0. The van der Waals surface area contributed by atoms with Gasteiger partial charge in [0.2, 0.25) is 0 Å². The lowest BCUT2D eigenvalue weighted by Crippen LogP contribution is -2.20. The number of aliphatic hydroxyl groups excluding tert-OH is 1. The molecule has 0 radical (unpaired) electrons. The van der Waals surface area contributed by atoms with Gasteiger partial charge in [-0.2, -0.15) is 0 Å². The molecule has 0 amide bonds. The molecule has 2 bridgehead atoms. The second-order valence-electron chi connectivity index (χ2n) is 6.05. The predicted octanol–water partition coefficient (Wildman–Crippen LogP) is 3.16. The highest BCUT2D eigenvalue weighted by atomic mass is 16.3. The van der Waals surface area contributed by atoms with Crippen LogP contribution in [0.5, 0.6) is 0 Å². The van der Waals surface area contributed by atoms with E-state index < -0.39 is 0 Å². The molecule has 1 N–H and O–H groups in total. The van der Waals surface area contributed by atoms with Crippen molar-refractivity contribution in [2.24, 2.45) is 29.6 Å². The Balaban J connectivity index is 1.79. The number of hydrogen-bond acceptors (Lipinski definition) is 1. The minimum atomic E-state index is -0.207. The van der Waals surface area contributed by atoms with Gasteiger partial charge in [-0.05, 0) is 55.8 Å². The van der Waals surface area contributed by atoms with E-state index in [1.165, 1.54) is 19.3 Å². The molecule has 0 spiro atoms. The van der Waals surface area contributed by atoms with Crippen molar-refractivity contribution in [3.8, 4) is 0 Å². The Labute approximate surface area is 98.2 Å². The van der Waals surface area contributed by atoms with Crippen LogP contribution in [0.3, 0.4) is 0 Å². The van der Waals surface area contributed by atoms with Crippen molar-refractivity contribution >= 4 is 0 Å². The van der Waals surface area contributed by atoms with E-state index in [0.29, 0.717) is 5.92 Å². The molecule has 0 aromatic heterocycles. The minimum absolute atomic E-state index is 0.207. The van der Waals surface area contributed by atoms with Crippen LogP contribution in [0.4, 0.5) is 0 Å². The van der Waals surface area contributed by atoms with Crippen LogP contribution >= 0.6 is 0 Å². The number of aliphatic hydroxyl groups is 1. The van der Waals surface area contributed by atoms with Crippen molar-refractivity contribution in [2.45, 2.75) is 39.2 Å². The summed E-state index contributed by atoms with van der Waals surface area (Å²) >= 11 is 0. The van der Waals surface area contributed by atoms with Crippen LogP contribution in [-0.4, -0.2) is 11.2 Å². The standard InChI is InChI=1S/C15H22O/c1-9(10(2)16)6-11-7-12-8-15(11)14-5-3-4-13(12)14/h3,5-6,9-10,12-16H,4,7-8H2,1-2H3/b11-6-/t9?,10?,12?,13-,14-,15?/m1/s1. The summed E-state index contributed by atoms with van der Waals surface area (Å²) in [6.07, 6.45) is 11.0. The summed E-state index contributed by atoms with van der Waals surface area (Å²) in [5, 5.41) is 9.58. The normalized spacial score (nSPS) is 46.3. The van der Waals surface area contributed by atoms with Crippen LogP contribution in [0.1, 0.15) is 33.1 Å². The maximum absolute atomic E-state index is 9.58. The van der Waals surface area contributed by atoms with E-state index in [4.69, 9.17) is 0 Å². The molecular formula is C15H22O. The average molecular weight is 218 g/mol. The van der Waals surface area contributed by atoms with Crippen LogP contribution in [0.15, 0.2) is 23.8 Å². The molecule has 0 heterocycles. The fourth-order valence-corrected chi connectivity index (χ4v) is 4.05. The largest absolute Gasteiger partial charge is 0.393 e. The Hall–Kier alpha value is -0.560. The maximum Gasteiger partial charge on any atom is 0.0572 e. The van der Waals surface area contributed by atoms with E-state index in [1.54, 1.807) is 5.57 Å². The lowest BCUT2D eigenvalue weighted by atomic mass is 9.78. The molecule has 3 aliphatic rings. The molecule has 16 heavy (non-hydrogen) atoms. The highest BCUT2D eigenvalue weighted by Crippen LogP contribution is 2.58. The zero-order chi connectivity index (χ0) is 11.3. The molecule has 88 valence electrons. The van der Waals surface area contributed by atoms with Crippen LogP contribution in [-0.2, 0) is 0 Å². The van der Waals surface area contributed by atoms with Crippen molar-refractivity contribution in [1.29, 1.82) is 0 Å². The summed E-state index contributed by atoms with van der Waals surface area (Å²) < 4.78 is 0. The SMILES string of the molecule is CC(O)C(C)/C=C1/CC2CC1[C@@H]1C=CC[C@H]21. The maximum atomic E-state index is 9.58. The van der Waals surface area contributed by atoms with E-state index in [9.17, 15) is 5.11 Å². The van der Waals surface area contributed by atoms with Crippen LogP contribution in [0.25, 0.3) is 0 Å². The molecule has 0 aromatic rings. The van der Waals surface area contributed by atoms with Crippen molar-refractivity contribution in [1.82, 2.24) is 0 Å². The second-order valence-corrected chi connectivity index (χ2v) is 6.05. The first-order valence-corrected chi connectivity index (χ1v) is 6.72. The van der Waals surface area contributed by atoms with Gasteiger partial charge < -0.3 is 5.11 Å². The lowest BCUT2D eigenvalue weighted by Gasteiger charge is -2.27. The first kappa shape index (κ1) is 10.6. The van der Waals surface area contributed by atoms with Gasteiger partial charge in [0.25, 0.3) is 0 Å². The van der Waals surface area contributed by atoms with Crippen LogP contribution < -0.4 is 0 Å². The summed E-state index contributed by atoms with van der Waals surface area (Å²) in [6.45, 7) is 4.03. The highest BCUT2D eigenvalue weighted by Gasteiger charge is 2.49. The van der Waals surface area contributed by atoms with Crippen LogP contribution in [0, 0.1) is 29.6 Å². The van der Waals surface area contributed by atoms with Crippen molar-refractivity contribution in [3.05, 3.63) is 23.8 Å². The van der Waals surface area contributed by atoms with Crippen LogP contribution in [0.2, 0.25) is 0 Å². The van der Waals surface area contributed by atoms with Gasteiger partial charge in [-0.25, -0.2) is 0 Å². The zero-order valence-corrected chi connectivity index (χ0v) is 10.3. The third-order valence-electron chi connectivity index (χ3n) is 5.10. The molecule has 2 fully saturated rings. The van der Waals surface area contributed by atoms with Gasteiger partial charge in [0.05, 0.1) is 6.10 Å². The summed E-state index contributed by atoms with van der Waals surface area (Å²) in [5.41, 5.74) is 1.64. The predicted molar refractivity (Wildman–Crippen MR) is 65.9 cm³/mol. The quantitative estimate of drug-likeness (QED) is 0.706. The first-order valence-electron chi connectivity index (χ1n) is 6.72. The molecule has 2 saturated carbocycles. The average Bonchev–Trinajstić information content (AvgIpc) is 2.87. The molecule has 6 atom stereocenters. The summed E-state index contributed by atoms with van der Waals surface area (Å²) in [4.78, 5) is 0. The Morgan fingerprint density at radius 1 is 1.44 bits per heavy atom. The van der Waals surface area contributed by atoms with Crippen molar-refractivity contribution in [2.75, 3.05) is 0 Å². The summed E-state index contributed by atoms with van der Waals surface area (Å²) in [6, 6.07) is 0. The second kappa shape index (κ2) is 3.73. The fourth-order valence-electron chi connectivity index (χ4n) is 4.05. The van der Waals surface area contributed by atoms with Gasteiger partial charge in [-0.15, -0.1) is 0 Å². The highest BCUT2D eigenvalue weighted by molar-refractivity contribution is 5.27. The number of allylic oxidation sites excluding steroid dienone is 3. The smallest absolute Gasteiger partial charge is 0.0572 e. The summed E-state index contributed by atoms with van der Waals surface area (Å²) in [5.74, 6) is 3.88. The van der Waals surface area contributed by atoms with Gasteiger partial charge >= 0.3 is 0 Å². The monoisotopic (exact) mass is 218 g/mol. The van der Waals surface area contributed by atoms with E-state index >= 15 is 0 Å². The Morgan fingerprint density at radius 2 is 2.25 bits per heavy atom. The number of fused-ring (bicyclic) bond motifs is 5. The van der Waals surface area contributed by atoms with Gasteiger partial charge in [-0.1, -0.05) is 30.7 Å². The molecule has 1 heteroatoms. The van der Waals surface area contributed by atoms with Gasteiger partial charge in [0.1, 0.15) is 0 Å². The Kier molecular flexibility index (Phi) is 2.47. The molecule has 4 unspecified atom stereocenters. The van der Waals surface area contributed by atoms with Gasteiger partial charge in [0.15, 0.2) is 0 Å². The fraction of sp³-hybridized carbons (Fsp3) is 0.733. The topological polar surface area (TPSA) is 20.2 Å². The lowest BCUT2D eigenvalue weighted by molar-refractivity contribution is 0.156. The third-order valence-corrected chi connectivity index (χ3v) is 5.10. The van der Waals surface area contributed by atoms with E-state index in [0.717, 1.165) is 23.7 Å². The van der Waals surface area contributed by atoms with E-state index in [-0.39, 0.29) is 6.10 Å². The number of hydrogen-bond donors (Lipinski definition) is 1. The Bertz CT molecular complexity index is 339. The first-order chi connectivity index (χ1) is 7.66. The minimum Gasteiger partial charge on any atom is -0.393 e. The van der Waals surface area contributed by atoms with Gasteiger partial charge in [0, 0.05) is 0 Å². The third kappa shape index (κ3) is 1.48. The van der Waals surface area contributed by atoms with E-state index in [1.807, 2.05) is 6.92 Å². The molecular weight excluding hydrogens is 196 g/mol. The van der Waals surface area contributed by atoms with Crippen molar-refractivity contribution in [3.63, 3.8) is 0 Å². The molecule has 3 aliphatic carbocycles. The molecule has 0 aliphatic heterocycles. The van der Waals surface area contributed by atoms with E-state index in [2.05, 4.69) is 25.2 Å². The molecule has 1 nitrogen and oxygen atoms in total. The van der Waals surface area contributed by atoms with Crippen molar-refractivity contribution < 1.29 is 5.11 Å². The zero-order valence-electron chi connectivity index (χ0n) is 10.3. The molecule has 0 saturated heterocycles. The van der Waals surface area contributed by atoms with Gasteiger partial charge in [-0.3, -0.25) is 0 Å². The molecule has 0 aromatic carbocycles.